The van der Waals surface area contributed by atoms with Gasteiger partial charge >= 0.3 is 0 Å². The molecule has 0 heterocycles. The average molecular weight is 347 g/mol. The highest BCUT2D eigenvalue weighted by molar-refractivity contribution is 7.95. The highest BCUT2D eigenvalue weighted by atomic mass is 31.2. The van der Waals surface area contributed by atoms with E-state index < -0.39 is 7.26 Å². The Labute approximate surface area is 153 Å². The Balaban J connectivity index is 2.36. The van der Waals surface area contributed by atoms with Gasteiger partial charge in [0.05, 0.1) is 6.16 Å². The zero-order valence-corrected chi connectivity index (χ0v) is 16.7. The maximum Gasteiger partial charge on any atom is 0.112 e. The summed E-state index contributed by atoms with van der Waals surface area (Å²) in [7, 11) is -1.63. The third-order valence-electron chi connectivity index (χ3n) is 4.89. The third kappa shape index (κ3) is 3.55. The Hall–Kier alpha value is -1.91. The lowest BCUT2D eigenvalue weighted by Gasteiger charge is -2.28. The van der Waals surface area contributed by atoms with Crippen molar-refractivity contribution in [1.82, 2.24) is 0 Å². The highest BCUT2D eigenvalue weighted by Crippen LogP contribution is 2.56. The molecule has 0 radical (unpaired) electrons. The Bertz CT molecular complexity index is 752. The zero-order chi connectivity index (χ0) is 17.9. The van der Waals surface area contributed by atoms with Gasteiger partial charge in [0, 0.05) is 0 Å². The van der Waals surface area contributed by atoms with E-state index in [0.717, 1.165) is 0 Å². The Morgan fingerprint density at radius 2 is 0.960 bits per heavy atom. The predicted molar refractivity (Wildman–Crippen MR) is 115 cm³/mol. The lowest BCUT2D eigenvalue weighted by atomic mass is 10.2. The SMILES string of the molecule is CCC[P+](c1cccc(C)c1)(c1cccc(C)c1)c1cccc(C)c1. The number of benzene rings is 3. The fraction of sp³-hybridized carbons (Fsp3) is 0.250. The summed E-state index contributed by atoms with van der Waals surface area (Å²) in [6.45, 7) is 8.93. The van der Waals surface area contributed by atoms with Crippen LogP contribution in [0.2, 0.25) is 0 Å². The molecule has 0 aromatic heterocycles. The summed E-state index contributed by atoms with van der Waals surface area (Å²) < 4.78 is 0. The molecule has 0 N–H and O–H groups in total. The average Bonchev–Trinajstić information content (AvgIpc) is 2.59. The fourth-order valence-corrected chi connectivity index (χ4v) is 8.40. The van der Waals surface area contributed by atoms with Gasteiger partial charge < -0.3 is 0 Å². The monoisotopic (exact) mass is 347 g/mol. The summed E-state index contributed by atoms with van der Waals surface area (Å²) in [5.41, 5.74) is 4.04. The lowest BCUT2D eigenvalue weighted by molar-refractivity contribution is 1.10. The minimum absolute atomic E-state index is 1.18. The highest BCUT2D eigenvalue weighted by Gasteiger charge is 2.44. The summed E-state index contributed by atoms with van der Waals surface area (Å²) >= 11 is 0. The van der Waals surface area contributed by atoms with Crippen LogP contribution in [0, 0.1) is 20.8 Å². The fourth-order valence-electron chi connectivity index (χ4n) is 3.77. The Morgan fingerprint density at radius 1 is 0.600 bits per heavy atom. The van der Waals surface area contributed by atoms with E-state index >= 15 is 0 Å². The van der Waals surface area contributed by atoms with Gasteiger partial charge in [-0.15, -0.1) is 0 Å². The van der Waals surface area contributed by atoms with E-state index in [2.05, 4.69) is 100 Å². The van der Waals surface area contributed by atoms with Crippen molar-refractivity contribution in [3.05, 3.63) is 89.5 Å². The predicted octanol–water partition coefficient (Wildman–Crippen LogP) is 5.32. The van der Waals surface area contributed by atoms with Crippen LogP contribution in [0.1, 0.15) is 30.0 Å². The van der Waals surface area contributed by atoms with Crippen molar-refractivity contribution in [2.75, 3.05) is 6.16 Å². The number of hydrogen-bond donors (Lipinski definition) is 0. The molecule has 0 aliphatic heterocycles. The molecule has 128 valence electrons. The minimum Gasteiger partial charge on any atom is -0.0619 e. The number of aryl methyl sites for hydroxylation is 3. The maximum absolute atomic E-state index is 2.41. The Kier molecular flexibility index (Phi) is 5.40. The van der Waals surface area contributed by atoms with Gasteiger partial charge in [-0.3, -0.25) is 0 Å². The minimum atomic E-state index is -1.63. The van der Waals surface area contributed by atoms with Crippen LogP contribution in [0.25, 0.3) is 0 Å². The summed E-state index contributed by atoms with van der Waals surface area (Å²) in [5, 5.41) is 4.52. The summed E-state index contributed by atoms with van der Waals surface area (Å²) in [5.74, 6) is 0. The van der Waals surface area contributed by atoms with Gasteiger partial charge in [-0.1, -0.05) is 43.3 Å². The normalized spacial score (nSPS) is 11.5. The van der Waals surface area contributed by atoms with Crippen molar-refractivity contribution in [2.45, 2.75) is 34.1 Å². The second-order valence-corrected chi connectivity index (χ2v) is 10.7. The first-order chi connectivity index (χ1) is 12.1. The topological polar surface area (TPSA) is 0 Å². The smallest absolute Gasteiger partial charge is 0.0619 e. The largest absolute Gasteiger partial charge is 0.112 e. The van der Waals surface area contributed by atoms with Crippen molar-refractivity contribution < 1.29 is 0 Å². The third-order valence-corrected chi connectivity index (χ3v) is 9.48. The lowest BCUT2D eigenvalue weighted by Crippen LogP contribution is -2.33. The van der Waals surface area contributed by atoms with Crippen LogP contribution < -0.4 is 15.9 Å². The van der Waals surface area contributed by atoms with E-state index in [4.69, 9.17) is 0 Å². The molecule has 1 heteroatoms. The zero-order valence-electron chi connectivity index (χ0n) is 15.8. The molecular weight excluding hydrogens is 319 g/mol. The molecule has 0 fully saturated rings. The summed E-state index contributed by atoms with van der Waals surface area (Å²) in [4.78, 5) is 0. The van der Waals surface area contributed by atoms with Crippen molar-refractivity contribution in [3.8, 4) is 0 Å². The molecule has 0 saturated heterocycles. The van der Waals surface area contributed by atoms with Crippen LogP contribution in [0.3, 0.4) is 0 Å². The van der Waals surface area contributed by atoms with E-state index in [0.29, 0.717) is 0 Å². The van der Waals surface area contributed by atoms with Crippen molar-refractivity contribution >= 4 is 23.2 Å². The molecule has 0 bridgehead atoms. The van der Waals surface area contributed by atoms with Crippen LogP contribution in [0.5, 0.6) is 0 Å². The van der Waals surface area contributed by atoms with E-state index in [9.17, 15) is 0 Å². The van der Waals surface area contributed by atoms with Crippen LogP contribution in [0.4, 0.5) is 0 Å². The molecular formula is C24H28P+. The van der Waals surface area contributed by atoms with Gasteiger partial charge in [0.2, 0.25) is 0 Å². The van der Waals surface area contributed by atoms with Gasteiger partial charge in [-0.2, -0.15) is 0 Å². The van der Waals surface area contributed by atoms with Crippen molar-refractivity contribution in [1.29, 1.82) is 0 Å². The molecule has 25 heavy (non-hydrogen) atoms. The first-order valence-corrected chi connectivity index (χ1v) is 11.1. The van der Waals surface area contributed by atoms with Crippen LogP contribution in [0.15, 0.2) is 72.8 Å². The molecule has 0 spiro atoms. The molecule has 0 atom stereocenters. The van der Waals surface area contributed by atoms with E-state index in [1.165, 1.54) is 45.2 Å². The number of rotatable bonds is 5. The van der Waals surface area contributed by atoms with Gasteiger partial charge in [-0.25, -0.2) is 0 Å². The first-order valence-electron chi connectivity index (χ1n) is 9.16. The molecule has 3 aromatic carbocycles. The van der Waals surface area contributed by atoms with E-state index in [-0.39, 0.29) is 0 Å². The quantitative estimate of drug-likeness (QED) is 0.548. The second-order valence-electron chi connectivity index (χ2n) is 7.05. The van der Waals surface area contributed by atoms with E-state index in [1.807, 2.05) is 0 Å². The van der Waals surface area contributed by atoms with Crippen LogP contribution >= 0.6 is 7.26 Å². The first kappa shape index (κ1) is 17.9. The van der Waals surface area contributed by atoms with Gasteiger partial charge in [-0.05, 0) is 80.3 Å². The van der Waals surface area contributed by atoms with Gasteiger partial charge in [0.15, 0.2) is 0 Å². The van der Waals surface area contributed by atoms with Crippen molar-refractivity contribution in [2.24, 2.45) is 0 Å². The van der Waals surface area contributed by atoms with Gasteiger partial charge in [0.1, 0.15) is 23.2 Å². The molecule has 3 aromatic rings. The van der Waals surface area contributed by atoms with Crippen LogP contribution in [-0.2, 0) is 0 Å². The van der Waals surface area contributed by atoms with Crippen LogP contribution in [-0.4, -0.2) is 6.16 Å². The molecule has 0 saturated carbocycles. The summed E-state index contributed by atoms with van der Waals surface area (Å²) in [6.07, 6.45) is 2.40. The summed E-state index contributed by atoms with van der Waals surface area (Å²) in [6, 6.07) is 27.6. The van der Waals surface area contributed by atoms with Crippen molar-refractivity contribution in [3.63, 3.8) is 0 Å². The number of hydrogen-bond acceptors (Lipinski definition) is 0. The molecule has 0 unspecified atom stereocenters. The molecule has 0 aliphatic carbocycles. The standard InChI is InChI=1S/C24H28P/c1-5-15-25(22-12-6-9-19(2)16-22,23-13-7-10-20(3)17-23)24-14-8-11-21(4)18-24/h6-14,16-18H,5,15H2,1-4H3/q+1. The maximum atomic E-state index is 2.41. The molecule has 0 amide bonds. The Morgan fingerprint density at radius 3 is 1.24 bits per heavy atom. The second kappa shape index (κ2) is 7.54. The van der Waals surface area contributed by atoms with E-state index in [1.54, 1.807) is 0 Å². The molecule has 0 aliphatic rings. The molecule has 3 rings (SSSR count). The van der Waals surface area contributed by atoms with Gasteiger partial charge in [0.25, 0.3) is 0 Å². The molecule has 0 nitrogen and oxygen atoms in total.